The Hall–Kier alpha value is -3.02. The third kappa shape index (κ3) is 4.26. The van der Waals surface area contributed by atoms with Crippen LogP contribution < -0.4 is 15.8 Å². The number of carbonyl (C=O) groups excluding carboxylic acids is 1. The van der Waals surface area contributed by atoms with Crippen molar-refractivity contribution in [1.29, 1.82) is 0 Å². The molecule has 2 aliphatic heterocycles. The first kappa shape index (κ1) is 22.8. The van der Waals surface area contributed by atoms with Crippen molar-refractivity contribution in [3.8, 4) is 0 Å². The predicted octanol–water partition coefficient (Wildman–Crippen LogP) is 2.99. The van der Waals surface area contributed by atoms with E-state index < -0.39 is 53.7 Å². The van der Waals surface area contributed by atoms with Gasteiger partial charge in [0.1, 0.15) is 23.5 Å². The van der Waals surface area contributed by atoms with E-state index in [0.717, 1.165) is 23.1 Å². The summed E-state index contributed by atoms with van der Waals surface area (Å²) in [5.41, 5.74) is -1.12. The van der Waals surface area contributed by atoms with Gasteiger partial charge in [0, 0.05) is 25.2 Å². The highest BCUT2D eigenvalue weighted by Gasteiger charge is 2.49. The number of rotatable bonds is 6. The van der Waals surface area contributed by atoms with Crippen molar-refractivity contribution in [1.82, 2.24) is 9.55 Å². The van der Waals surface area contributed by atoms with Gasteiger partial charge < -0.3 is 15.0 Å². The molecular formula is C22H21F5N4O3. The summed E-state index contributed by atoms with van der Waals surface area (Å²) in [6.45, 7) is -0.116. The topological polar surface area (TPSA) is 76.5 Å². The summed E-state index contributed by atoms with van der Waals surface area (Å²) in [5.74, 6) is -2.39. The Morgan fingerprint density at radius 2 is 2.03 bits per heavy atom. The molecule has 1 aliphatic carbocycles. The average Bonchev–Trinajstić information content (AvgIpc) is 3.43. The number of halogens is 5. The van der Waals surface area contributed by atoms with E-state index in [-0.39, 0.29) is 24.4 Å². The maximum atomic E-state index is 14.1. The van der Waals surface area contributed by atoms with Crippen LogP contribution in [0.4, 0.5) is 33.7 Å². The van der Waals surface area contributed by atoms with Gasteiger partial charge in [-0.15, -0.1) is 0 Å². The molecule has 0 radical (unpaired) electrons. The molecule has 1 saturated carbocycles. The standard InChI is InChI=1S/C22H21F5N4O3/c23-12-1-2-13(15(24)6-12)16(32)9-31-18(22(25,26)27)3-4-30-20(33)7-19(29-21(30)31)28-8-17-14-5-11(14)10-34-17/h1-2,6-7,11,14,17-18,28H,3-5,8-10H2/t11-,14?,17-,18+/m1/s1. The summed E-state index contributed by atoms with van der Waals surface area (Å²) >= 11 is 0. The molecule has 4 atom stereocenters. The number of hydrogen-bond acceptors (Lipinski definition) is 6. The number of alkyl halides is 3. The summed E-state index contributed by atoms with van der Waals surface area (Å²) in [6, 6.07) is 1.30. The van der Waals surface area contributed by atoms with Crippen LogP contribution in [0.1, 0.15) is 23.2 Å². The van der Waals surface area contributed by atoms with Crippen LogP contribution in [-0.2, 0) is 11.3 Å². The molecule has 0 spiro atoms. The number of carbonyl (C=O) groups is 1. The van der Waals surface area contributed by atoms with Crippen LogP contribution in [0.25, 0.3) is 0 Å². The lowest BCUT2D eigenvalue weighted by molar-refractivity contribution is -0.152. The van der Waals surface area contributed by atoms with E-state index >= 15 is 0 Å². The average molecular weight is 484 g/mol. The van der Waals surface area contributed by atoms with Gasteiger partial charge in [-0.25, -0.2) is 8.78 Å². The van der Waals surface area contributed by atoms with E-state index in [2.05, 4.69) is 10.3 Å². The lowest BCUT2D eigenvalue weighted by Gasteiger charge is -2.38. The molecule has 2 fully saturated rings. The Balaban J connectivity index is 1.45. The number of ketones is 1. The van der Waals surface area contributed by atoms with Crippen molar-refractivity contribution in [3.05, 3.63) is 51.8 Å². The van der Waals surface area contributed by atoms with Crippen LogP contribution in [0.15, 0.2) is 29.1 Å². The number of nitrogens with one attached hydrogen (secondary N) is 1. The lowest BCUT2D eigenvalue weighted by Crippen LogP contribution is -2.54. The molecule has 34 heavy (non-hydrogen) atoms. The normalized spacial score (nSPS) is 25.6. The second kappa shape index (κ2) is 8.33. The highest BCUT2D eigenvalue weighted by atomic mass is 19.4. The number of nitrogens with zero attached hydrogens (tertiary/aromatic N) is 3. The number of hydrogen-bond donors (Lipinski definition) is 1. The van der Waals surface area contributed by atoms with Crippen LogP contribution in [0.5, 0.6) is 0 Å². The molecular weight excluding hydrogens is 463 g/mol. The third-order valence-corrected chi connectivity index (χ3v) is 6.63. The Morgan fingerprint density at radius 3 is 2.68 bits per heavy atom. The molecule has 1 aromatic carbocycles. The molecule has 3 aliphatic rings. The molecule has 12 heteroatoms. The zero-order chi connectivity index (χ0) is 24.2. The lowest BCUT2D eigenvalue weighted by atomic mass is 10.1. The summed E-state index contributed by atoms with van der Waals surface area (Å²) < 4.78 is 75.6. The molecule has 1 aromatic heterocycles. The molecule has 0 bridgehead atoms. The Bertz CT molecular complexity index is 1180. The first-order valence-electron chi connectivity index (χ1n) is 10.9. The summed E-state index contributed by atoms with van der Waals surface area (Å²) in [4.78, 5) is 30.3. The van der Waals surface area contributed by atoms with Crippen molar-refractivity contribution >= 4 is 17.5 Å². The first-order chi connectivity index (χ1) is 16.1. The van der Waals surface area contributed by atoms with Crippen molar-refractivity contribution in [2.24, 2.45) is 11.8 Å². The van der Waals surface area contributed by atoms with Gasteiger partial charge in [0.25, 0.3) is 5.56 Å². The second-order valence-electron chi connectivity index (χ2n) is 8.86. The molecule has 0 amide bonds. The summed E-state index contributed by atoms with van der Waals surface area (Å²) in [5, 5.41) is 2.97. The van der Waals surface area contributed by atoms with Crippen LogP contribution in [-0.4, -0.2) is 53.4 Å². The second-order valence-corrected chi connectivity index (χ2v) is 8.86. The smallest absolute Gasteiger partial charge is 0.376 e. The first-order valence-corrected chi connectivity index (χ1v) is 10.9. The highest BCUT2D eigenvalue weighted by molar-refractivity contribution is 5.99. The number of Topliss-reactive ketones (excluding diaryl/α,β-unsaturated/α-hetero) is 1. The van der Waals surface area contributed by atoms with Gasteiger partial charge in [-0.05, 0) is 36.8 Å². The fourth-order valence-electron chi connectivity index (χ4n) is 4.74. The fraction of sp³-hybridized carbons (Fsp3) is 0.500. The fourth-order valence-corrected chi connectivity index (χ4v) is 4.74. The highest BCUT2D eigenvalue weighted by Crippen LogP contribution is 2.48. The molecule has 182 valence electrons. The van der Waals surface area contributed by atoms with Gasteiger partial charge in [-0.3, -0.25) is 14.2 Å². The van der Waals surface area contributed by atoms with Crippen molar-refractivity contribution in [3.63, 3.8) is 0 Å². The number of aromatic nitrogens is 2. The van der Waals surface area contributed by atoms with Crippen molar-refractivity contribution in [2.75, 3.05) is 29.9 Å². The Kier molecular flexibility index (Phi) is 5.58. The van der Waals surface area contributed by atoms with E-state index in [0.29, 0.717) is 36.0 Å². The summed E-state index contributed by atoms with van der Waals surface area (Å²) in [6.07, 6.45) is -4.21. The molecule has 1 N–H and O–H groups in total. The zero-order valence-corrected chi connectivity index (χ0v) is 17.8. The number of benzene rings is 1. The SMILES string of the molecule is O=C(CN1c2nc(NC[C@H]3OC[C@H]4CC43)cc(=O)n2CC[C@H]1C(F)(F)F)c1ccc(F)cc1F. The van der Waals surface area contributed by atoms with Gasteiger partial charge in [-0.1, -0.05) is 0 Å². The number of fused-ring (bicyclic) bond motifs is 2. The van der Waals surface area contributed by atoms with Gasteiger partial charge in [0.05, 0.1) is 24.8 Å². The molecule has 1 unspecified atom stereocenters. The van der Waals surface area contributed by atoms with Crippen LogP contribution >= 0.6 is 0 Å². The minimum atomic E-state index is -4.73. The maximum Gasteiger partial charge on any atom is 0.408 e. The van der Waals surface area contributed by atoms with Crippen molar-refractivity contribution in [2.45, 2.75) is 37.7 Å². The molecule has 3 heterocycles. The van der Waals surface area contributed by atoms with E-state index in [9.17, 15) is 31.5 Å². The maximum absolute atomic E-state index is 14.1. The van der Waals surface area contributed by atoms with Gasteiger partial charge in [0.2, 0.25) is 5.95 Å². The van der Waals surface area contributed by atoms with E-state index in [1.165, 1.54) is 6.07 Å². The van der Waals surface area contributed by atoms with Gasteiger partial charge >= 0.3 is 6.18 Å². The number of anilines is 2. The van der Waals surface area contributed by atoms with Crippen LogP contribution in [0.3, 0.4) is 0 Å². The molecule has 7 nitrogen and oxygen atoms in total. The monoisotopic (exact) mass is 484 g/mol. The summed E-state index contributed by atoms with van der Waals surface area (Å²) in [7, 11) is 0. The van der Waals surface area contributed by atoms with E-state index in [4.69, 9.17) is 4.74 Å². The third-order valence-electron chi connectivity index (χ3n) is 6.63. The van der Waals surface area contributed by atoms with Gasteiger partial charge in [-0.2, -0.15) is 18.2 Å². The predicted molar refractivity (Wildman–Crippen MR) is 111 cm³/mol. The quantitative estimate of drug-likeness (QED) is 0.502. The van der Waals surface area contributed by atoms with Crippen molar-refractivity contribution < 1.29 is 31.5 Å². The van der Waals surface area contributed by atoms with E-state index in [1.54, 1.807) is 0 Å². The molecule has 1 saturated heterocycles. The largest absolute Gasteiger partial charge is 0.408 e. The zero-order valence-electron chi connectivity index (χ0n) is 17.8. The minimum absolute atomic E-state index is 0.0624. The minimum Gasteiger partial charge on any atom is -0.376 e. The van der Waals surface area contributed by atoms with Gasteiger partial charge in [0.15, 0.2) is 5.78 Å². The van der Waals surface area contributed by atoms with Crippen LogP contribution in [0, 0.1) is 23.5 Å². The molecule has 2 aromatic rings. The number of ether oxygens (including phenoxy) is 1. The van der Waals surface area contributed by atoms with Crippen LogP contribution in [0.2, 0.25) is 0 Å². The Labute approximate surface area is 190 Å². The Morgan fingerprint density at radius 1 is 1.24 bits per heavy atom. The van der Waals surface area contributed by atoms with E-state index in [1.807, 2.05) is 0 Å². The molecule has 5 rings (SSSR count).